The third-order valence-corrected chi connectivity index (χ3v) is 5.57. The fraction of sp³-hybridized carbons (Fsp3) is 0.579. The third-order valence-electron chi connectivity index (χ3n) is 4.59. The van der Waals surface area contributed by atoms with Gasteiger partial charge in [0.05, 0.1) is 23.8 Å². The number of nitrogens with zero attached hydrogens (tertiary/aromatic N) is 1. The highest BCUT2D eigenvalue weighted by atomic mass is 35.5. The predicted molar refractivity (Wildman–Crippen MR) is 111 cm³/mol. The van der Waals surface area contributed by atoms with Gasteiger partial charge in [0, 0.05) is 25.7 Å². The Hall–Kier alpha value is -1.28. The molecule has 0 aromatic heterocycles. The lowest BCUT2D eigenvalue weighted by molar-refractivity contribution is -0.123. The van der Waals surface area contributed by atoms with E-state index < -0.39 is 6.04 Å². The normalized spacial score (nSPS) is 17.1. The number of rotatable bonds is 9. The van der Waals surface area contributed by atoms with Crippen LogP contribution in [0.15, 0.2) is 24.3 Å². The summed E-state index contributed by atoms with van der Waals surface area (Å²) in [5, 5.41) is 6.19. The zero-order chi connectivity index (χ0) is 19.6. The van der Waals surface area contributed by atoms with Crippen molar-refractivity contribution < 1.29 is 14.3 Å². The van der Waals surface area contributed by atoms with E-state index in [4.69, 9.17) is 16.3 Å². The summed E-state index contributed by atoms with van der Waals surface area (Å²) in [7, 11) is 0. The molecule has 2 unspecified atom stereocenters. The van der Waals surface area contributed by atoms with Crippen LogP contribution in [0.3, 0.4) is 0 Å². The summed E-state index contributed by atoms with van der Waals surface area (Å²) in [6.07, 6.45) is 2.54. The number of benzene rings is 1. The van der Waals surface area contributed by atoms with Crippen LogP contribution in [0.4, 0.5) is 0 Å². The van der Waals surface area contributed by atoms with Gasteiger partial charge in [0.2, 0.25) is 5.91 Å². The first kappa shape index (κ1) is 22.0. The van der Waals surface area contributed by atoms with Gasteiger partial charge in [-0.25, -0.2) is 0 Å². The molecular formula is C19H28ClN3O3S. The molecule has 2 N–H and O–H groups in total. The number of ether oxygens (including phenoxy) is 1. The molecule has 2 rings (SSSR count). The molecule has 8 heteroatoms. The van der Waals surface area contributed by atoms with Crippen LogP contribution in [0, 0.1) is 0 Å². The monoisotopic (exact) mass is 413 g/mol. The summed E-state index contributed by atoms with van der Waals surface area (Å²) in [6.45, 7) is 5.82. The molecule has 27 heavy (non-hydrogen) atoms. The molecule has 1 aromatic rings. The number of morpholine rings is 1. The van der Waals surface area contributed by atoms with E-state index in [1.165, 1.54) is 0 Å². The second-order valence-corrected chi connectivity index (χ2v) is 7.92. The second-order valence-electron chi connectivity index (χ2n) is 6.53. The average molecular weight is 414 g/mol. The minimum Gasteiger partial charge on any atom is -0.379 e. The highest BCUT2D eigenvalue weighted by Gasteiger charge is 2.23. The maximum atomic E-state index is 12.7. The molecule has 1 fully saturated rings. The van der Waals surface area contributed by atoms with Crippen LogP contribution in [-0.2, 0) is 9.53 Å². The molecule has 1 saturated heterocycles. The fourth-order valence-corrected chi connectivity index (χ4v) is 3.60. The van der Waals surface area contributed by atoms with Gasteiger partial charge in [-0.15, -0.1) is 0 Å². The number of amides is 2. The van der Waals surface area contributed by atoms with Crippen LogP contribution in [0.25, 0.3) is 0 Å². The van der Waals surface area contributed by atoms with Crippen molar-refractivity contribution in [1.29, 1.82) is 0 Å². The van der Waals surface area contributed by atoms with E-state index in [-0.39, 0.29) is 17.9 Å². The molecule has 1 aliphatic rings. The molecule has 1 heterocycles. The zero-order valence-electron chi connectivity index (χ0n) is 15.9. The Morgan fingerprint density at radius 1 is 1.30 bits per heavy atom. The topological polar surface area (TPSA) is 70.7 Å². The van der Waals surface area contributed by atoms with Crippen LogP contribution < -0.4 is 10.6 Å². The SMILES string of the molecule is CSCCC(NC(=O)c1ccccc1Cl)C(=O)NCC(C)N1CCOCC1. The molecule has 2 atom stereocenters. The van der Waals surface area contributed by atoms with Crippen molar-refractivity contribution in [2.75, 3.05) is 44.9 Å². The highest BCUT2D eigenvalue weighted by Crippen LogP contribution is 2.15. The zero-order valence-corrected chi connectivity index (χ0v) is 17.4. The summed E-state index contributed by atoms with van der Waals surface area (Å²) in [5.74, 6) is 0.285. The van der Waals surface area contributed by atoms with Crippen LogP contribution in [0.2, 0.25) is 5.02 Å². The number of hydrogen-bond acceptors (Lipinski definition) is 5. The van der Waals surface area contributed by atoms with Crippen molar-refractivity contribution in [3.05, 3.63) is 34.9 Å². The van der Waals surface area contributed by atoms with Gasteiger partial charge in [0.25, 0.3) is 5.91 Å². The smallest absolute Gasteiger partial charge is 0.253 e. The van der Waals surface area contributed by atoms with E-state index in [9.17, 15) is 9.59 Å². The van der Waals surface area contributed by atoms with Crippen molar-refractivity contribution >= 4 is 35.2 Å². The Kier molecular flexibility index (Phi) is 9.41. The Balaban J connectivity index is 1.92. The van der Waals surface area contributed by atoms with Gasteiger partial charge in [-0.2, -0.15) is 11.8 Å². The van der Waals surface area contributed by atoms with Crippen molar-refractivity contribution in [3.8, 4) is 0 Å². The first-order valence-electron chi connectivity index (χ1n) is 9.16. The Labute approximate surface area is 170 Å². The summed E-state index contributed by atoms with van der Waals surface area (Å²) < 4.78 is 5.36. The predicted octanol–water partition coefficient (Wildman–Crippen LogP) is 2.03. The Bertz CT molecular complexity index is 626. The molecule has 0 aliphatic carbocycles. The van der Waals surface area contributed by atoms with Crippen LogP contribution in [0.1, 0.15) is 23.7 Å². The fourth-order valence-electron chi connectivity index (χ4n) is 2.90. The number of halogens is 1. The lowest BCUT2D eigenvalue weighted by Crippen LogP contribution is -2.51. The molecule has 6 nitrogen and oxygen atoms in total. The van der Waals surface area contributed by atoms with Crippen LogP contribution in [0.5, 0.6) is 0 Å². The van der Waals surface area contributed by atoms with E-state index in [2.05, 4.69) is 22.5 Å². The minimum absolute atomic E-state index is 0.162. The van der Waals surface area contributed by atoms with Crippen molar-refractivity contribution in [2.24, 2.45) is 0 Å². The molecule has 1 aromatic carbocycles. The van der Waals surface area contributed by atoms with E-state index in [0.717, 1.165) is 32.1 Å². The Morgan fingerprint density at radius 2 is 2.00 bits per heavy atom. The van der Waals surface area contributed by atoms with Gasteiger partial charge in [-0.1, -0.05) is 23.7 Å². The van der Waals surface area contributed by atoms with Crippen molar-refractivity contribution in [1.82, 2.24) is 15.5 Å². The minimum atomic E-state index is -0.585. The van der Waals surface area contributed by atoms with Gasteiger partial charge in [0.15, 0.2) is 0 Å². The lowest BCUT2D eigenvalue weighted by atomic mass is 10.1. The number of hydrogen-bond donors (Lipinski definition) is 2. The van der Waals surface area contributed by atoms with Gasteiger partial charge in [-0.3, -0.25) is 14.5 Å². The van der Waals surface area contributed by atoms with Crippen LogP contribution in [-0.4, -0.2) is 73.7 Å². The molecule has 0 spiro atoms. The number of carbonyl (C=O) groups is 2. The largest absolute Gasteiger partial charge is 0.379 e. The standard InChI is InChI=1S/C19H28ClN3O3S/c1-14(23-8-10-26-11-9-23)13-21-19(25)17(7-12-27-2)22-18(24)15-5-3-4-6-16(15)20/h3-6,14,17H,7-13H2,1-2H3,(H,21,25)(H,22,24). The lowest BCUT2D eigenvalue weighted by Gasteiger charge is -2.32. The quantitative estimate of drug-likeness (QED) is 0.648. The molecular weight excluding hydrogens is 386 g/mol. The molecule has 0 saturated carbocycles. The Morgan fingerprint density at radius 3 is 2.67 bits per heavy atom. The average Bonchev–Trinajstić information content (AvgIpc) is 2.69. The summed E-state index contributed by atoms with van der Waals surface area (Å²) in [4.78, 5) is 27.5. The van der Waals surface area contributed by atoms with E-state index in [1.807, 2.05) is 6.26 Å². The summed E-state index contributed by atoms with van der Waals surface area (Å²) >= 11 is 7.74. The van der Waals surface area contributed by atoms with Crippen molar-refractivity contribution in [2.45, 2.75) is 25.4 Å². The number of carbonyl (C=O) groups excluding carboxylic acids is 2. The van der Waals surface area contributed by atoms with E-state index >= 15 is 0 Å². The molecule has 150 valence electrons. The number of thioether (sulfide) groups is 1. The first-order chi connectivity index (χ1) is 13.0. The molecule has 2 amide bonds. The van der Waals surface area contributed by atoms with Crippen LogP contribution >= 0.6 is 23.4 Å². The summed E-state index contributed by atoms with van der Waals surface area (Å²) in [5.41, 5.74) is 0.378. The second kappa shape index (κ2) is 11.5. The highest BCUT2D eigenvalue weighted by molar-refractivity contribution is 7.98. The van der Waals surface area contributed by atoms with Gasteiger partial charge < -0.3 is 15.4 Å². The van der Waals surface area contributed by atoms with Gasteiger partial charge in [0.1, 0.15) is 6.04 Å². The third kappa shape index (κ3) is 6.99. The first-order valence-corrected chi connectivity index (χ1v) is 10.9. The van der Waals surface area contributed by atoms with Gasteiger partial charge in [-0.05, 0) is 37.5 Å². The molecule has 0 radical (unpaired) electrons. The van der Waals surface area contributed by atoms with E-state index in [1.54, 1.807) is 36.0 Å². The maximum Gasteiger partial charge on any atom is 0.253 e. The van der Waals surface area contributed by atoms with Crippen molar-refractivity contribution in [3.63, 3.8) is 0 Å². The molecule has 0 bridgehead atoms. The molecule has 1 aliphatic heterocycles. The number of nitrogens with one attached hydrogen (secondary N) is 2. The van der Waals surface area contributed by atoms with Gasteiger partial charge >= 0.3 is 0 Å². The summed E-state index contributed by atoms with van der Waals surface area (Å²) in [6, 6.07) is 6.47. The maximum absolute atomic E-state index is 12.7. The van der Waals surface area contributed by atoms with E-state index in [0.29, 0.717) is 23.6 Å².